The van der Waals surface area contributed by atoms with E-state index in [1.807, 2.05) is 23.6 Å². The first-order valence-corrected chi connectivity index (χ1v) is 9.78. The number of carbonyl (C=O) groups is 1. The molecule has 0 saturated heterocycles. The van der Waals surface area contributed by atoms with Crippen LogP contribution in [-0.4, -0.2) is 23.7 Å². The van der Waals surface area contributed by atoms with Gasteiger partial charge < -0.3 is 10.4 Å². The fourth-order valence-electron chi connectivity index (χ4n) is 4.97. The molecule has 2 N–H and O–H groups in total. The van der Waals surface area contributed by atoms with Gasteiger partial charge in [0.2, 0.25) is 0 Å². The number of amides is 1. The summed E-state index contributed by atoms with van der Waals surface area (Å²) in [5.74, 6) is 1.72. The van der Waals surface area contributed by atoms with Crippen molar-refractivity contribution in [2.24, 2.45) is 23.2 Å². The first-order valence-electron chi connectivity index (χ1n) is 8.90. The third-order valence-corrected chi connectivity index (χ3v) is 7.56. The lowest BCUT2D eigenvalue weighted by atomic mass is 9.44. The molecule has 1 unspecified atom stereocenters. The minimum atomic E-state index is 0.0431. The molecule has 3 fully saturated rings. The maximum Gasteiger partial charge on any atom is 0.252 e. The van der Waals surface area contributed by atoms with Gasteiger partial charge in [0.1, 0.15) is 0 Å². The number of fused-ring (bicyclic) bond motifs is 3. The monoisotopic (exact) mass is 343 g/mol. The number of thiophene rings is 1. The molecule has 2 aromatic rings. The highest BCUT2D eigenvalue weighted by Gasteiger charge is 2.57. The molecule has 3 aliphatic rings. The lowest BCUT2D eigenvalue weighted by molar-refractivity contribution is -0.114. The van der Waals surface area contributed by atoms with E-state index in [4.69, 9.17) is 0 Å². The van der Waals surface area contributed by atoms with Gasteiger partial charge in [-0.05, 0) is 48.5 Å². The highest BCUT2D eigenvalue weighted by molar-refractivity contribution is 7.17. The standard InChI is InChI=1S/C20H25NO2S/c1-20(2)13-9-12(7-8-22)18(16(20)10-13)21-19(23)15-11-24-17-6-4-3-5-14(15)17/h3-6,11-13,16,18,22H,7-10H2,1-2H3,(H,21,23)/t12-,13?,16+,18+/m0/s1. The normalized spacial score (nSPS) is 30.8. The van der Waals surface area contributed by atoms with Gasteiger partial charge in [0.15, 0.2) is 0 Å². The van der Waals surface area contributed by atoms with Gasteiger partial charge >= 0.3 is 0 Å². The lowest BCUT2D eigenvalue weighted by Gasteiger charge is -2.62. The number of benzene rings is 1. The topological polar surface area (TPSA) is 49.3 Å². The van der Waals surface area contributed by atoms with Crippen LogP contribution in [0, 0.1) is 23.2 Å². The highest BCUT2D eigenvalue weighted by atomic mass is 32.1. The molecule has 3 saturated carbocycles. The van der Waals surface area contributed by atoms with E-state index in [0.29, 0.717) is 17.3 Å². The number of hydrogen-bond acceptors (Lipinski definition) is 3. The molecule has 1 heterocycles. The summed E-state index contributed by atoms with van der Waals surface area (Å²) in [6.45, 7) is 4.87. The summed E-state index contributed by atoms with van der Waals surface area (Å²) in [5, 5.41) is 15.8. The molecule has 1 aromatic carbocycles. The maximum absolute atomic E-state index is 12.9. The van der Waals surface area contributed by atoms with Crippen LogP contribution in [0.5, 0.6) is 0 Å². The smallest absolute Gasteiger partial charge is 0.252 e. The van der Waals surface area contributed by atoms with Crippen molar-refractivity contribution in [1.29, 1.82) is 0 Å². The molecule has 128 valence electrons. The van der Waals surface area contributed by atoms with Crippen LogP contribution >= 0.6 is 11.3 Å². The second-order valence-electron chi connectivity index (χ2n) is 8.01. The van der Waals surface area contributed by atoms with Gasteiger partial charge in [-0.3, -0.25) is 4.79 Å². The predicted molar refractivity (Wildman–Crippen MR) is 98.3 cm³/mol. The SMILES string of the molecule is CC1(C)C2C[C@H](CCO)[C@@H](NC(=O)c3csc4ccccc34)[C@H]1C2. The largest absolute Gasteiger partial charge is 0.396 e. The Labute approximate surface area is 147 Å². The summed E-state index contributed by atoms with van der Waals surface area (Å²) >= 11 is 1.62. The Bertz CT molecular complexity index is 766. The van der Waals surface area contributed by atoms with Crippen molar-refractivity contribution in [3.05, 3.63) is 35.2 Å². The van der Waals surface area contributed by atoms with Crippen molar-refractivity contribution in [3.63, 3.8) is 0 Å². The van der Waals surface area contributed by atoms with E-state index < -0.39 is 0 Å². The van der Waals surface area contributed by atoms with Crippen LogP contribution in [0.3, 0.4) is 0 Å². The molecule has 4 atom stereocenters. The number of rotatable bonds is 4. The van der Waals surface area contributed by atoms with Crippen LogP contribution in [0.25, 0.3) is 10.1 Å². The maximum atomic E-state index is 12.9. The summed E-state index contributed by atoms with van der Waals surface area (Å²) in [7, 11) is 0. The predicted octanol–water partition coefficient (Wildman–Crippen LogP) is 4.06. The summed E-state index contributed by atoms with van der Waals surface area (Å²) in [4.78, 5) is 12.9. The van der Waals surface area contributed by atoms with Crippen molar-refractivity contribution in [1.82, 2.24) is 5.32 Å². The molecule has 3 aliphatic carbocycles. The summed E-state index contributed by atoms with van der Waals surface area (Å²) < 4.78 is 1.15. The first-order chi connectivity index (χ1) is 11.5. The first kappa shape index (κ1) is 16.1. The molecule has 5 rings (SSSR count). The van der Waals surface area contributed by atoms with Crippen LogP contribution in [0.2, 0.25) is 0 Å². The summed E-state index contributed by atoms with van der Waals surface area (Å²) in [6.07, 6.45) is 3.13. The Balaban J connectivity index is 1.59. The Morgan fingerprint density at radius 1 is 1.33 bits per heavy atom. The van der Waals surface area contributed by atoms with Crippen molar-refractivity contribution in [2.45, 2.75) is 39.2 Å². The van der Waals surface area contributed by atoms with Gasteiger partial charge in [-0.25, -0.2) is 0 Å². The zero-order valence-corrected chi connectivity index (χ0v) is 15.1. The lowest BCUT2D eigenvalue weighted by Crippen LogP contribution is -2.63. The van der Waals surface area contributed by atoms with Crippen LogP contribution in [0.4, 0.5) is 0 Å². The van der Waals surface area contributed by atoms with Crippen molar-refractivity contribution < 1.29 is 9.90 Å². The van der Waals surface area contributed by atoms with Crippen LogP contribution < -0.4 is 5.32 Å². The molecule has 1 amide bonds. The zero-order chi connectivity index (χ0) is 16.9. The van der Waals surface area contributed by atoms with Crippen molar-refractivity contribution in [3.8, 4) is 0 Å². The Morgan fingerprint density at radius 2 is 2.12 bits per heavy atom. The van der Waals surface area contributed by atoms with E-state index in [-0.39, 0.29) is 18.6 Å². The molecule has 0 radical (unpaired) electrons. The highest BCUT2D eigenvalue weighted by Crippen LogP contribution is 2.61. The van der Waals surface area contributed by atoms with E-state index in [1.165, 1.54) is 6.42 Å². The summed E-state index contributed by atoms with van der Waals surface area (Å²) in [6, 6.07) is 8.27. The van der Waals surface area contributed by atoms with Gasteiger partial charge in [0, 0.05) is 28.1 Å². The van der Waals surface area contributed by atoms with Crippen LogP contribution in [0.15, 0.2) is 29.6 Å². The van der Waals surface area contributed by atoms with Gasteiger partial charge in [0.25, 0.3) is 5.91 Å². The number of nitrogens with one attached hydrogen (secondary N) is 1. The molecule has 24 heavy (non-hydrogen) atoms. The average Bonchev–Trinajstić information content (AvgIpc) is 3.00. The minimum absolute atomic E-state index is 0.0431. The third-order valence-electron chi connectivity index (χ3n) is 6.60. The van der Waals surface area contributed by atoms with Gasteiger partial charge in [-0.15, -0.1) is 11.3 Å². The molecule has 2 bridgehead atoms. The Kier molecular flexibility index (Phi) is 3.92. The van der Waals surface area contributed by atoms with E-state index in [0.717, 1.165) is 34.4 Å². The Morgan fingerprint density at radius 3 is 2.88 bits per heavy atom. The number of aliphatic hydroxyl groups is 1. The average molecular weight is 343 g/mol. The molecule has 1 aromatic heterocycles. The second-order valence-corrected chi connectivity index (χ2v) is 8.92. The number of aliphatic hydroxyl groups excluding tert-OH is 1. The van der Waals surface area contributed by atoms with Gasteiger partial charge in [0.05, 0.1) is 5.56 Å². The molecular formula is C20H25NO2S. The van der Waals surface area contributed by atoms with E-state index in [9.17, 15) is 9.90 Å². The van der Waals surface area contributed by atoms with Gasteiger partial charge in [-0.2, -0.15) is 0 Å². The number of carbonyl (C=O) groups excluding carboxylic acids is 1. The fraction of sp³-hybridized carbons (Fsp3) is 0.550. The summed E-state index contributed by atoms with van der Waals surface area (Å²) in [5.41, 5.74) is 1.10. The molecule has 4 heteroatoms. The van der Waals surface area contributed by atoms with E-state index in [2.05, 4.69) is 25.2 Å². The van der Waals surface area contributed by atoms with Crippen LogP contribution in [0.1, 0.15) is 43.5 Å². The van der Waals surface area contributed by atoms with Crippen LogP contribution in [-0.2, 0) is 0 Å². The van der Waals surface area contributed by atoms with Crippen molar-refractivity contribution in [2.75, 3.05) is 6.61 Å². The van der Waals surface area contributed by atoms with Crippen molar-refractivity contribution >= 4 is 27.3 Å². The fourth-order valence-corrected chi connectivity index (χ4v) is 5.91. The second kappa shape index (κ2) is 5.85. The zero-order valence-electron chi connectivity index (χ0n) is 14.3. The molecule has 3 nitrogen and oxygen atoms in total. The molecular weight excluding hydrogens is 318 g/mol. The number of hydrogen-bond donors (Lipinski definition) is 2. The van der Waals surface area contributed by atoms with Gasteiger partial charge in [-0.1, -0.05) is 32.0 Å². The molecule has 0 spiro atoms. The van der Waals surface area contributed by atoms with E-state index in [1.54, 1.807) is 11.3 Å². The quantitative estimate of drug-likeness (QED) is 0.879. The Hall–Kier alpha value is -1.39. The molecule has 0 aliphatic heterocycles. The third kappa shape index (κ3) is 2.39. The van der Waals surface area contributed by atoms with E-state index >= 15 is 0 Å². The minimum Gasteiger partial charge on any atom is -0.396 e.